The van der Waals surface area contributed by atoms with Crippen molar-refractivity contribution in [1.29, 1.82) is 0 Å². The molecule has 0 N–H and O–H groups in total. The van der Waals surface area contributed by atoms with Crippen molar-refractivity contribution in [3.63, 3.8) is 0 Å². The molecule has 9 heteroatoms. The molecule has 0 bridgehead atoms. The van der Waals surface area contributed by atoms with Crippen LogP contribution in [0.2, 0.25) is 0 Å². The van der Waals surface area contributed by atoms with Gasteiger partial charge in [-0.05, 0) is 38.5 Å². The van der Waals surface area contributed by atoms with Crippen molar-refractivity contribution in [3.8, 4) is 0 Å². The lowest BCUT2D eigenvalue weighted by Crippen LogP contribution is -2.44. The lowest BCUT2D eigenvalue weighted by molar-refractivity contribution is -0.167. The van der Waals surface area contributed by atoms with Gasteiger partial charge in [0.25, 0.3) is 0 Å². The van der Waals surface area contributed by atoms with E-state index in [0.29, 0.717) is 6.42 Å². The highest BCUT2D eigenvalue weighted by molar-refractivity contribution is 5.99. The molecule has 31 heavy (non-hydrogen) atoms. The van der Waals surface area contributed by atoms with E-state index < -0.39 is 54.2 Å². The molecule has 3 saturated carbocycles. The largest absolute Gasteiger partial charge is 0.466 e. The maximum absolute atomic E-state index is 13.5. The van der Waals surface area contributed by atoms with E-state index in [1.165, 1.54) is 0 Å². The van der Waals surface area contributed by atoms with Gasteiger partial charge in [-0.2, -0.15) is 0 Å². The summed E-state index contributed by atoms with van der Waals surface area (Å²) in [6.45, 7) is 3.68. The van der Waals surface area contributed by atoms with Gasteiger partial charge in [-0.15, -0.1) is 0 Å². The topological polar surface area (TPSA) is 69.7 Å². The minimum absolute atomic E-state index is 0.0666. The van der Waals surface area contributed by atoms with Gasteiger partial charge in [0.2, 0.25) is 11.8 Å². The Bertz CT molecular complexity index is 658. The number of hydrogen-bond acceptors (Lipinski definition) is 5. The molecule has 3 aliphatic rings. The molecule has 178 valence electrons. The molecule has 2 unspecified atom stereocenters. The predicted octanol–water partition coefficient (Wildman–Crippen LogP) is 5.10. The molecular formula is C22H32F4O5. The number of Topliss-reactive ketones (excluding diaryl/α,β-unsaturated/α-hetero) is 1. The maximum atomic E-state index is 13.5. The molecule has 3 rings (SSSR count). The quantitative estimate of drug-likeness (QED) is 0.337. The summed E-state index contributed by atoms with van der Waals surface area (Å²) in [7, 11) is 0. The summed E-state index contributed by atoms with van der Waals surface area (Å²) in [6.07, 6.45) is 2.63. The predicted molar refractivity (Wildman–Crippen MR) is 104 cm³/mol. The first-order valence-electron chi connectivity index (χ1n) is 11.1. The van der Waals surface area contributed by atoms with E-state index in [1.54, 1.807) is 13.8 Å². The van der Waals surface area contributed by atoms with E-state index in [4.69, 9.17) is 4.74 Å². The molecule has 0 aromatic carbocycles. The van der Waals surface area contributed by atoms with Crippen LogP contribution in [0.1, 0.15) is 78.1 Å². The molecule has 0 amide bonds. The summed E-state index contributed by atoms with van der Waals surface area (Å²) in [5.74, 6) is -9.12. The second-order valence-electron chi connectivity index (χ2n) is 8.77. The van der Waals surface area contributed by atoms with Gasteiger partial charge in [0.05, 0.1) is 19.1 Å². The molecule has 3 fully saturated rings. The first kappa shape index (κ1) is 25.6. The Hall–Kier alpha value is -1.67. The Labute approximate surface area is 180 Å². The van der Waals surface area contributed by atoms with Crippen LogP contribution in [0.25, 0.3) is 0 Å². The number of hydrogen-bond donors (Lipinski definition) is 0. The summed E-state index contributed by atoms with van der Waals surface area (Å²) in [4.78, 5) is 34.2. The van der Waals surface area contributed by atoms with Crippen molar-refractivity contribution in [2.45, 2.75) is 89.9 Å². The van der Waals surface area contributed by atoms with Gasteiger partial charge in [0, 0.05) is 32.1 Å². The van der Waals surface area contributed by atoms with Crippen LogP contribution in [0.3, 0.4) is 0 Å². The van der Waals surface area contributed by atoms with Crippen molar-refractivity contribution in [2.24, 2.45) is 17.3 Å². The average Bonchev–Trinajstić information content (AvgIpc) is 3.16. The van der Waals surface area contributed by atoms with E-state index in [2.05, 4.69) is 4.74 Å². The standard InChI is InChI=1S/C13H20F2O2.C9H12F2O3/c1-2-17-11(16)10-9-13(14,15)8-7-12(10)5-3-4-6-12;1-2-14-8(13)6-5-9(10,11)4-3-7(6)12/h10H,2-9H2,1H3;6H,2-5H2,1H3. The normalized spacial score (nSPS) is 28.4. The van der Waals surface area contributed by atoms with E-state index in [-0.39, 0.29) is 37.9 Å². The fourth-order valence-corrected chi connectivity index (χ4v) is 4.93. The molecule has 0 radical (unpaired) electrons. The third kappa shape index (κ3) is 6.65. The second kappa shape index (κ2) is 10.3. The monoisotopic (exact) mass is 452 g/mol. The molecule has 3 aliphatic carbocycles. The summed E-state index contributed by atoms with van der Waals surface area (Å²) >= 11 is 0. The Morgan fingerprint density at radius 1 is 0.839 bits per heavy atom. The minimum Gasteiger partial charge on any atom is -0.466 e. The van der Waals surface area contributed by atoms with Crippen molar-refractivity contribution in [3.05, 3.63) is 0 Å². The van der Waals surface area contributed by atoms with Gasteiger partial charge in [-0.3, -0.25) is 14.4 Å². The Kier molecular flexibility index (Phi) is 8.50. The maximum Gasteiger partial charge on any atom is 0.316 e. The summed E-state index contributed by atoms with van der Waals surface area (Å²) < 4.78 is 62.2. The molecule has 1 spiro atoms. The van der Waals surface area contributed by atoms with Crippen LogP contribution in [0.4, 0.5) is 17.6 Å². The van der Waals surface area contributed by atoms with Crippen LogP contribution in [0.15, 0.2) is 0 Å². The smallest absolute Gasteiger partial charge is 0.316 e. The fourth-order valence-electron chi connectivity index (χ4n) is 4.93. The van der Waals surface area contributed by atoms with Crippen LogP contribution in [0, 0.1) is 17.3 Å². The van der Waals surface area contributed by atoms with Crippen molar-refractivity contribution in [1.82, 2.24) is 0 Å². The first-order valence-corrected chi connectivity index (χ1v) is 11.1. The van der Waals surface area contributed by atoms with Gasteiger partial charge in [0.1, 0.15) is 11.7 Å². The lowest BCUT2D eigenvalue weighted by Gasteiger charge is -2.42. The van der Waals surface area contributed by atoms with Crippen LogP contribution >= 0.6 is 0 Å². The fraction of sp³-hybridized carbons (Fsp3) is 0.864. The highest BCUT2D eigenvalue weighted by atomic mass is 19.3. The van der Waals surface area contributed by atoms with Crippen LogP contribution in [0.5, 0.6) is 0 Å². The van der Waals surface area contributed by atoms with Gasteiger partial charge in [-0.25, -0.2) is 17.6 Å². The number of esters is 2. The third-order valence-electron chi connectivity index (χ3n) is 6.60. The molecule has 5 nitrogen and oxygen atoms in total. The zero-order valence-corrected chi connectivity index (χ0v) is 18.2. The zero-order chi connectivity index (χ0) is 23.3. The van der Waals surface area contributed by atoms with Gasteiger partial charge in [0.15, 0.2) is 0 Å². The molecule has 0 aromatic heterocycles. The first-order chi connectivity index (χ1) is 14.5. The molecule has 0 aromatic rings. The number of rotatable bonds is 4. The van der Waals surface area contributed by atoms with Crippen molar-refractivity contribution in [2.75, 3.05) is 13.2 Å². The van der Waals surface area contributed by atoms with E-state index in [9.17, 15) is 31.9 Å². The highest BCUT2D eigenvalue weighted by Gasteiger charge is 2.54. The average molecular weight is 452 g/mol. The minimum atomic E-state index is -2.91. The van der Waals surface area contributed by atoms with Gasteiger partial charge in [-0.1, -0.05) is 12.8 Å². The van der Waals surface area contributed by atoms with Gasteiger partial charge < -0.3 is 9.47 Å². The number of carbonyl (C=O) groups is 3. The van der Waals surface area contributed by atoms with Crippen molar-refractivity contribution >= 4 is 17.7 Å². The number of carbonyl (C=O) groups excluding carboxylic acids is 3. The van der Waals surface area contributed by atoms with E-state index in [0.717, 1.165) is 25.7 Å². The van der Waals surface area contributed by atoms with Crippen molar-refractivity contribution < 1.29 is 41.4 Å². The molecule has 0 saturated heterocycles. The zero-order valence-electron chi connectivity index (χ0n) is 18.2. The molecule has 2 atom stereocenters. The lowest BCUT2D eigenvalue weighted by atomic mass is 9.64. The number of ketones is 1. The van der Waals surface area contributed by atoms with E-state index in [1.807, 2.05) is 0 Å². The molecule has 0 aliphatic heterocycles. The summed E-state index contributed by atoms with van der Waals surface area (Å²) in [5, 5.41) is 0. The Morgan fingerprint density at radius 2 is 1.39 bits per heavy atom. The Balaban J connectivity index is 0.000000225. The number of alkyl halides is 4. The second-order valence-corrected chi connectivity index (χ2v) is 8.77. The summed E-state index contributed by atoms with van der Waals surface area (Å²) in [5.41, 5.74) is -0.187. The molecule has 0 heterocycles. The number of halogens is 4. The highest BCUT2D eigenvalue weighted by Crippen LogP contribution is 2.56. The number of ether oxygens (including phenoxy) is 2. The SMILES string of the molecule is CCOC(=O)C1CC(F)(F)CCC12CCCC2.CCOC(=O)C1CC(F)(F)CCC1=O. The Morgan fingerprint density at radius 3 is 1.97 bits per heavy atom. The van der Waals surface area contributed by atoms with Crippen LogP contribution < -0.4 is 0 Å². The van der Waals surface area contributed by atoms with Crippen LogP contribution in [-0.2, 0) is 23.9 Å². The van der Waals surface area contributed by atoms with Crippen LogP contribution in [-0.4, -0.2) is 42.8 Å². The molecular weight excluding hydrogens is 420 g/mol. The summed E-state index contributed by atoms with van der Waals surface area (Å²) in [6, 6.07) is 0. The van der Waals surface area contributed by atoms with E-state index >= 15 is 0 Å². The third-order valence-corrected chi connectivity index (χ3v) is 6.60. The van der Waals surface area contributed by atoms with Gasteiger partial charge >= 0.3 is 11.9 Å².